The maximum Gasteiger partial charge on any atom is 0.339 e. The Morgan fingerprint density at radius 2 is 1.79 bits per heavy atom. The summed E-state index contributed by atoms with van der Waals surface area (Å²) in [4.78, 5) is 25.5. The number of hydrogen-bond acceptors (Lipinski definition) is 4. The summed E-state index contributed by atoms with van der Waals surface area (Å²) < 4.78 is 18.3. The second-order valence-electron chi connectivity index (χ2n) is 5.35. The molecule has 5 nitrogen and oxygen atoms in total. The molecule has 0 aliphatic heterocycles. The van der Waals surface area contributed by atoms with Crippen LogP contribution in [0.4, 0.5) is 10.1 Å². The molecular formula is C18H19FN2O3. The highest BCUT2D eigenvalue weighted by atomic mass is 19.1. The van der Waals surface area contributed by atoms with Gasteiger partial charge in [0, 0.05) is 12.1 Å². The molecule has 0 bridgehead atoms. The topological polar surface area (TPSA) is 58.6 Å². The highest BCUT2D eigenvalue weighted by Gasteiger charge is 2.14. The second-order valence-corrected chi connectivity index (χ2v) is 5.35. The van der Waals surface area contributed by atoms with Gasteiger partial charge in [-0.2, -0.15) is 0 Å². The maximum absolute atomic E-state index is 13.6. The van der Waals surface area contributed by atoms with Crippen molar-refractivity contribution in [1.29, 1.82) is 0 Å². The van der Waals surface area contributed by atoms with Crippen LogP contribution in [0.1, 0.15) is 15.9 Å². The fourth-order valence-electron chi connectivity index (χ4n) is 2.29. The number of esters is 1. The van der Waals surface area contributed by atoms with Crippen molar-refractivity contribution in [1.82, 2.24) is 4.90 Å². The normalized spacial score (nSPS) is 10.5. The molecular weight excluding hydrogens is 311 g/mol. The minimum absolute atomic E-state index is 0.0594. The van der Waals surface area contributed by atoms with Gasteiger partial charge in [0.25, 0.3) is 0 Å². The molecule has 0 spiro atoms. The lowest BCUT2D eigenvalue weighted by Crippen LogP contribution is -2.30. The standard InChI is InChI=1S/C18H19FN2O3/c1-21(11-13-7-3-5-9-15(13)19)12-17(22)20-16-10-6-4-8-14(16)18(23)24-2/h3-10H,11-12H2,1-2H3,(H,20,22). The zero-order valence-corrected chi connectivity index (χ0v) is 13.6. The van der Waals surface area contributed by atoms with Crippen molar-refractivity contribution in [3.63, 3.8) is 0 Å². The van der Waals surface area contributed by atoms with E-state index in [9.17, 15) is 14.0 Å². The van der Waals surface area contributed by atoms with Gasteiger partial charge in [-0.05, 0) is 25.2 Å². The van der Waals surface area contributed by atoms with Gasteiger partial charge in [-0.25, -0.2) is 9.18 Å². The number of nitrogens with zero attached hydrogens (tertiary/aromatic N) is 1. The number of carbonyl (C=O) groups is 2. The quantitative estimate of drug-likeness (QED) is 0.828. The molecule has 0 aliphatic rings. The molecule has 0 aromatic heterocycles. The van der Waals surface area contributed by atoms with E-state index in [2.05, 4.69) is 10.1 Å². The number of benzene rings is 2. The molecule has 0 saturated heterocycles. The molecule has 0 aliphatic carbocycles. The third-order valence-electron chi connectivity index (χ3n) is 3.42. The Hall–Kier alpha value is -2.73. The fourth-order valence-corrected chi connectivity index (χ4v) is 2.29. The number of anilines is 1. The molecule has 1 amide bonds. The number of likely N-dealkylation sites (N-methyl/N-ethyl adjacent to an activating group) is 1. The smallest absolute Gasteiger partial charge is 0.339 e. The number of para-hydroxylation sites is 1. The van der Waals surface area contributed by atoms with E-state index in [4.69, 9.17) is 0 Å². The largest absolute Gasteiger partial charge is 0.465 e. The number of ether oxygens (including phenoxy) is 1. The van der Waals surface area contributed by atoms with Crippen LogP contribution in [0.25, 0.3) is 0 Å². The maximum atomic E-state index is 13.6. The zero-order chi connectivity index (χ0) is 17.5. The number of rotatable bonds is 6. The van der Waals surface area contributed by atoms with Gasteiger partial charge in [-0.1, -0.05) is 30.3 Å². The highest BCUT2D eigenvalue weighted by molar-refractivity contribution is 6.01. The van der Waals surface area contributed by atoms with Gasteiger partial charge in [-0.15, -0.1) is 0 Å². The van der Waals surface area contributed by atoms with Crippen molar-refractivity contribution in [2.45, 2.75) is 6.54 Å². The molecule has 126 valence electrons. The lowest BCUT2D eigenvalue weighted by Gasteiger charge is -2.17. The second kappa shape index (κ2) is 8.21. The zero-order valence-electron chi connectivity index (χ0n) is 13.6. The number of halogens is 1. The number of amides is 1. The molecule has 24 heavy (non-hydrogen) atoms. The summed E-state index contributed by atoms with van der Waals surface area (Å²) in [6.07, 6.45) is 0. The van der Waals surface area contributed by atoms with Crippen LogP contribution in [-0.4, -0.2) is 37.5 Å². The first kappa shape index (κ1) is 17.6. The van der Waals surface area contributed by atoms with E-state index in [0.717, 1.165) is 0 Å². The highest BCUT2D eigenvalue weighted by Crippen LogP contribution is 2.16. The summed E-state index contributed by atoms with van der Waals surface area (Å²) in [7, 11) is 3.00. The van der Waals surface area contributed by atoms with Gasteiger partial charge in [-0.3, -0.25) is 9.69 Å². The fraction of sp³-hybridized carbons (Fsp3) is 0.222. The Labute approximate surface area is 140 Å². The van der Waals surface area contributed by atoms with Gasteiger partial charge in [0.05, 0.1) is 24.9 Å². The number of nitrogens with one attached hydrogen (secondary N) is 1. The van der Waals surface area contributed by atoms with Crippen molar-refractivity contribution < 1.29 is 18.7 Å². The lowest BCUT2D eigenvalue weighted by molar-refractivity contribution is -0.117. The van der Waals surface area contributed by atoms with Gasteiger partial charge in [0.15, 0.2) is 0 Å². The Kier molecular flexibility index (Phi) is 6.03. The Bertz CT molecular complexity index is 734. The first-order chi connectivity index (χ1) is 11.5. The summed E-state index contributed by atoms with van der Waals surface area (Å²) in [5.41, 5.74) is 1.18. The van der Waals surface area contributed by atoms with Crippen LogP contribution < -0.4 is 5.32 Å². The minimum Gasteiger partial charge on any atom is -0.465 e. The molecule has 0 fully saturated rings. The van der Waals surface area contributed by atoms with E-state index < -0.39 is 5.97 Å². The van der Waals surface area contributed by atoms with Crippen LogP contribution in [0.3, 0.4) is 0 Å². The summed E-state index contributed by atoms with van der Waals surface area (Å²) in [6.45, 7) is 0.364. The van der Waals surface area contributed by atoms with E-state index in [1.807, 2.05) is 0 Å². The van der Waals surface area contributed by atoms with Crippen LogP contribution in [0.2, 0.25) is 0 Å². The molecule has 0 saturated carbocycles. The first-order valence-electron chi connectivity index (χ1n) is 7.40. The number of methoxy groups -OCH3 is 1. The molecule has 2 aromatic carbocycles. The summed E-state index contributed by atoms with van der Waals surface area (Å²) in [6, 6.07) is 13.0. The van der Waals surface area contributed by atoms with Crippen LogP contribution in [0, 0.1) is 5.82 Å². The molecule has 6 heteroatoms. The van der Waals surface area contributed by atoms with Crippen molar-refractivity contribution in [3.05, 3.63) is 65.5 Å². The van der Waals surface area contributed by atoms with Crippen LogP contribution in [0.15, 0.2) is 48.5 Å². The van der Waals surface area contributed by atoms with E-state index in [1.54, 1.807) is 54.4 Å². The number of hydrogen-bond donors (Lipinski definition) is 1. The third kappa shape index (κ3) is 4.63. The molecule has 0 atom stereocenters. The van der Waals surface area contributed by atoms with E-state index in [-0.39, 0.29) is 23.8 Å². The summed E-state index contributed by atoms with van der Waals surface area (Å²) >= 11 is 0. The van der Waals surface area contributed by atoms with Crippen LogP contribution >= 0.6 is 0 Å². The third-order valence-corrected chi connectivity index (χ3v) is 3.42. The molecule has 1 N–H and O–H groups in total. The Morgan fingerprint density at radius 1 is 1.12 bits per heavy atom. The molecule has 0 radical (unpaired) electrons. The average molecular weight is 330 g/mol. The van der Waals surface area contributed by atoms with Gasteiger partial charge in [0.1, 0.15) is 5.82 Å². The van der Waals surface area contributed by atoms with E-state index in [0.29, 0.717) is 17.8 Å². The average Bonchev–Trinajstić information content (AvgIpc) is 2.56. The molecule has 0 unspecified atom stereocenters. The van der Waals surface area contributed by atoms with Gasteiger partial charge >= 0.3 is 5.97 Å². The lowest BCUT2D eigenvalue weighted by atomic mass is 10.1. The van der Waals surface area contributed by atoms with Gasteiger partial charge in [0.2, 0.25) is 5.91 Å². The first-order valence-corrected chi connectivity index (χ1v) is 7.40. The molecule has 2 aromatic rings. The summed E-state index contributed by atoms with van der Waals surface area (Å²) in [5, 5.41) is 2.68. The van der Waals surface area contributed by atoms with Gasteiger partial charge < -0.3 is 10.1 Å². The van der Waals surface area contributed by atoms with Crippen LogP contribution in [0.5, 0.6) is 0 Å². The monoisotopic (exact) mass is 330 g/mol. The summed E-state index contributed by atoms with van der Waals surface area (Å²) in [5.74, 6) is -1.13. The molecule has 2 rings (SSSR count). The minimum atomic E-state index is -0.523. The van der Waals surface area contributed by atoms with Crippen molar-refractivity contribution >= 4 is 17.6 Å². The SMILES string of the molecule is COC(=O)c1ccccc1NC(=O)CN(C)Cc1ccccc1F. The van der Waals surface area contributed by atoms with E-state index >= 15 is 0 Å². The Balaban J connectivity index is 1.99. The van der Waals surface area contributed by atoms with Crippen molar-refractivity contribution in [2.24, 2.45) is 0 Å². The predicted octanol–water partition coefficient (Wildman–Crippen LogP) is 2.68. The Morgan fingerprint density at radius 3 is 2.50 bits per heavy atom. The predicted molar refractivity (Wildman–Crippen MR) is 89.1 cm³/mol. The van der Waals surface area contributed by atoms with Crippen molar-refractivity contribution in [3.8, 4) is 0 Å². The number of carbonyl (C=O) groups excluding carboxylic acids is 2. The van der Waals surface area contributed by atoms with E-state index in [1.165, 1.54) is 13.2 Å². The van der Waals surface area contributed by atoms with Crippen LogP contribution in [-0.2, 0) is 16.1 Å². The molecule has 0 heterocycles. The van der Waals surface area contributed by atoms with Crippen molar-refractivity contribution in [2.75, 3.05) is 26.0 Å².